The molecule has 1 nitrogen and oxygen atoms in total. The van der Waals surface area contributed by atoms with Gasteiger partial charge in [0.1, 0.15) is 0 Å². The summed E-state index contributed by atoms with van der Waals surface area (Å²) in [5.74, 6) is 0. The maximum atomic E-state index is 3.43. The Morgan fingerprint density at radius 3 is 2.47 bits per heavy atom. The molecule has 0 amide bonds. The number of fused-ring (bicyclic) bond motifs is 1. The van der Waals surface area contributed by atoms with Crippen molar-refractivity contribution in [3.05, 3.63) is 35.5 Å². The van der Waals surface area contributed by atoms with E-state index in [1.54, 1.807) is 0 Å². The number of unbranched alkanes of at least 4 members (excludes halogenated alkanes) is 6. The van der Waals surface area contributed by atoms with Gasteiger partial charge in [-0.2, -0.15) is 0 Å². The second-order valence-electron chi connectivity index (χ2n) is 5.68. The van der Waals surface area contributed by atoms with Gasteiger partial charge in [0.15, 0.2) is 0 Å². The van der Waals surface area contributed by atoms with Crippen molar-refractivity contribution in [2.75, 3.05) is 0 Å². The van der Waals surface area contributed by atoms with Gasteiger partial charge >= 0.3 is 0 Å². The van der Waals surface area contributed by atoms with E-state index in [1.807, 2.05) is 0 Å². The molecule has 0 fully saturated rings. The van der Waals surface area contributed by atoms with Crippen LogP contribution in [-0.4, -0.2) is 4.98 Å². The van der Waals surface area contributed by atoms with Gasteiger partial charge in [0.25, 0.3) is 0 Å². The Hall–Kier alpha value is -1.24. The molecule has 0 radical (unpaired) electrons. The molecule has 2 aromatic rings. The van der Waals surface area contributed by atoms with Crippen LogP contribution < -0.4 is 0 Å². The summed E-state index contributed by atoms with van der Waals surface area (Å²) in [7, 11) is 0. The fraction of sp³-hybridized carbons (Fsp3) is 0.556. The second kappa shape index (κ2) is 7.37. The molecule has 1 aromatic heterocycles. The number of H-pyrrole nitrogens is 1. The van der Waals surface area contributed by atoms with Crippen LogP contribution in [0.5, 0.6) is 0 Å². The average molecular weight is 257 g/mol. The molecule has 0 aliphatic rings. The first-order valence-corrected chi connectivity index (χ1v) is 7.88. The molecular formula is C18H27N. The maximum Gasteiger partial charge on any atom is 0.0486 e. The monoisotopic (exact) mass is 257 g/mol. The van der Waals surface area contributed by atoms with Gasteiger partial charge in [0.2, 0.25) is 0 Å². The van der Waals surface area contributed by atoms with Crippen molar-refractivity contribution in [2.24, 2.45) is 0 Å². The van der Waals surface area contributed by atoms with Crippen LogP contribution in [0.1, 0.15) is 63.0 Å². The molecule has 2 rings (SSSR count). The number of hydrogen-bond acceptors (Lipinski definition) is 0. The number of hydrogen-bond donors (Lipinski definition) is 1. The van der Waals surface area contributed by atoms with E-state index in [0.717, 1.165) is 0 Å². The van der Waals surface area contributed by atoms with Gasteiger partial charge in [0, 0.05) is 17.1 Å². The third-order valence-electron chi connectivity index (χ3n) is 4.06. The van der Waals surface area contributed by atoms with Crippen molar-refractivity contribution in [1.29, 1.82) is 0 Å². The number of aryl methyl sites for hydroxylation is 2. The molecule has 0 aliphatic heterocycles. The first-order valence-electron chi connectivity index (χ1n) is 7.88. The molecule has 1 aromatic carbocycles. The van der Waals surface area contributed by atoms with Crippen LogP contribution in [0.2, 0.25) is 0 Å². The molecule has 19 heavy (non-hydrogen) atoms. The fourth-order valence-electron chi connectivity index (χ4n) is 2.84. The highest BCUT2D eigenvalue weighted by Crippen LogP contribution is 2.22. The summed E-state index contributed by atoms with van der Waals surface area (Å²) in [6.45, 7) is 4.45. The van der Waals surface area contributed by atoms with E-state index < -0.39 is 0 Å². The lowest BCUT2D eigenvalue weighted by molar-refractivity contribution is 0.590. The molecular weight excluding hydrogens is 230 g/mol. The first-order chi connectivity index (χ1) is 9.33. The van der Waals surface area contributed by atoms with Gasteiger partial charge in [-0.1, -0.05) is 63.6 Å². The number of rotatable bonds is 8. The SMILES string of the molecule is CCCCCCCCCc1c[nH]c2c(C)cccc12. The second-order valence-corrected chi connectivity index (χ2v) is 5.68. The Balaban J connectivity index is 1.77. The average Bonchev–Trinajstić information content (AvgIpc) is 2.83. The van der Waals surface area contributed by atoms with E-state index in [-0.39, 0.29) is 0 Å². The lowest BCUT2D eigenvalue weighted by Crippen LogP contribution is -1.85. The van der Waals surface area contributed by atoms with Crippen LogP contribution in [-0.2, 0) is 6.42 Å². The van der Waals surface area contributed by atoms with Gasteiger partial charge in [-0.25, -0.2) is 0 Å². The molecule has 0 saturated heterocycles. The highest BCUT2D eigenvalue weighted by Gasteiger charge is 2.04. The molecule has 1 heterocycles. The smallest absolute Gasteiger partial charge is 0.0486 e. The number of nitrogens with one attached hydrogen (secondary N) is 1. The van der Waals surface area contributed by atoms with Crippen LogP contribution in [0, 0.1) is 6.92 Å². The van der Waals surface area contributed by atoms with Crippen molar-refractivity contribution in [2.45, 2.75) is 65.2 Å². The van der Waals surface area contributed by atoms with E-state index >= 15 is 0 Å². The van der Waals surface area contributed by atoms with E-state index in [0.29, 0.717) is 0 Å². The van der Waals surface area contributed by atoms with Crippen molar-refractivity contribution in [1.82, 2.24) is 4.98 Å². The van der Waals surface area contributed by atoms with E-state index in [2.05, 4.69) is 43.2 Å². The zero-order valence-corrected chi connectivity index (χ0v) is 12.5. The highest BCUT2D eigenvalue weighted by molar-refractivity contribution is 5.85. The predicted molar refractivity (Wildman–Crippen MR) is 84.7 cm³/mol. The molecule has 1 heteroatoms. The molecule has 0 unspecified atom stereocenters. The van der Waals surface area contributed by atoms with Crippen LogP contribution in [0.4, 0.5) is 0 Å². The molecule has 0 bridgehead atoms. The third-order valence-corrected chi connectivity index (χ3v) is 4.06. The molecule has 1 N–H and O–H groups in total. The normalized spacial score (nSPS) is 11.3. The number of para-hydroxylation sites is 1. The van der Waals surface area contributed by atoms with E-state index in [1.165, 1.54) is 73.4 Å². The van der Waals surface area contributed by atoms with Crippen LogP contribution >= 0.6 is 0 Å². The standard InChI is InChI=1S/C18H27N/c1-3-4-5-6-7-8-9-12-16-14-19-18-15(2)11-10-13-17(16)18/h10-11,13-14,19H,3-9,12H2,1-2H3. The summed E-state index contributed by atoms with van der Waals surface area (Å²) in [5, 5.41) is 1.42. The van der Waals surface area contributed by atoms with Gasteiger partial charge in [-0.3, -0.25) is 0 Å². The first kappa shape index (κ1) is 14.2. The van der Waals surface area contributed by atoms with Crippen molar-refractivity contribution in [3.8, 4) is 0 Å². The molecule has 0 atom stereocenters. The Morgan fingerprint density at radius 2 is 1.68 bits per heavy atom. The van der Waals surface area contributed by atoms with Crippen LogP contribution in [0.3, 0.4) is 0 Å². The maximum absolute atomic E-state index is 3.43. The third kappa shape index (κ3) is 3.86. The Kier molecular flexibility index (Phi) is 5.50. The summed E-state index contributed by atoms with van der Waals surface area (Å²) < 4.78 is 0. The van der Waals surface area contributed by atoms with Gasteiger partial charge in [0.05, 0.1) is 0 Å². The predicted octanol–water partition coefficient (Wildman–Crippen LogP) is 5.77. The minimum absolute atomic E-state index is 1.22. The van der Waals surface area contributed by atoms with Gasteiger partial charge in [-0.05, 0) is 30.9 Å². The van der Waals surface area contributed by atoms with Gasteiger partial charge < -0.3 is 4.98 Å². The Bertz CT molecular complexity index is 495. The topological polar surface area (TPSA) is 15.8 Å². The summed E-state index contributed by atoms with van der Waals surface area (Å²) in [5.41, 5.74) is 4.16. The lowest BCUT2D eigenvalue weighted by Gasteiger charge is -2.02. The number of benzene rings is 1. The lowest BCUT2D eigenvalue weighted by atomic mass is 10.0. The minimum Gasteiger partial charge on any atom is -0.361 e. The molecule has 0 saturated carbocycles. The summed E-state index contributed by atoms with van der Waals surface area (Å²) in [6, 6.07) is 6.59. The molecule has 0 aliphatic carbocycles. The quantitative estimate of drug-likeness (QED) is 0.578. The zero-order chi connectivity index (χ0) is 13.5. The highest BCUT2D eigenvalue weighted by atomic mass is 14.7. The van der Waals surface area contributed by atoms with E-state index in [4.69, 9.17) is 0 Å². The summed E-state index contributed by atoms with van der Waals surface area (Å²) in [4.78, 5) is 3.43. The van der Waals surface area contributed by atoms with Crippen molar-refractivity contribution in [3.63, 3.8) is 0 Å². The fourth-order valence-corrected chi connectivity index (χ4v) is 2.84. The van der Waals surface area contributed by atoms with Crippen LogP contribution in [0.25, 0.3) is 10.9 Å². The largest absolute Gasteiger partial charge is 0.361 e. The Labute approximate surface area is 117 Å². The van der Waals surface area contributed by atoms with Crippen molar-refractivity contribution >= 4 is 10.9 Å². The van der Waals surface area contributed by atoms with Crippen LogP contribution in [0.15, 0.2) is 24.4 Å². The Morgan fingerprint density at radius 1 is 0.947 bits per heavy atom. The minimum atomic E-state index is 1.22. The van der Waals surface area contributed by atoms with Crippen molar-refractivity contribution < 1.29 is 0 Å². The summed E-state index contributed by atoms with van der Waals surface area (Å²) >= 11 is 0. The zero-order valence-electron chi connectivity index (χ0n) is 12.5. The molecule has 0 spiro atoms. The molecule has 104 valence electrons. The van der Waals surface area contributed by atoms with Gasteiger partial charge in [-0.15, -0.1) is 0 Å². The number of aromatic amines is 1. The number of aromatic nitrogens is 1. The van der Waals surface area contributed by atoms with E-state index in [9.17, 15) is 0 Å². The summed E-state index contributed by atoms with van der Waals surface area (Å²) in [6.07, 6.45) is 13.1.